The standard InChI is InChI=1S/C9H13ClN2O/c10-9-11-5-8(13)6-12(9)7-3-1-2-4-7/h5-7,9,13H,1-4H2. The van der Waals surface area contributed by atoms with E-state index in [0.717, 1.165) is 12.8 Å². The number of nitrogens with zero attached hydrogens (tertiary/aromatic N) is 2. The Hall–Kier alpha value is -0.700. The van der Waals surface area contributed by atoms with Gasteiger partial charge in [0.1, 0.15) is 5.76 Å². The van der Waals surface area contributed by atoms with Crippen LogP contribution >= 0.6 is 11.6 Å². The molecule has 0 amide bonds. The monoisotopic (exact) mass is 200 g/mol. The van der Waals surface area contributed by atoms with Crippen molar-refractivity contribution in [2.75, 3.05) is 0 Å². The number of alkyl halides is 1. The van der Waals surface area contributed by atoms with Crippen molar-refractivity contribution < 1.29 is 5.11 Å². The molecular formula is C9H13ClN2O. The van der Waals surface area contributed by atoms with Crippen molar-refractivity contribution in [3.63, 3.8) is 0 Å². The maximum Gasteiger partial charge on any atom is 0.197 e. The van der Waals surface area contributed by atoms with Crippen molar-refractivity contribution in [1.82, 2.24) is 4.90 Å². The van der Waals surface area contributed by atoms with Gasteiger partial charge >= 0.3 is 0 Å². The van der Waals surface area contributed by atoms with E-state index in [1.54, 1.807) is 6.20 Å². The summed E-state index contributed by atoms with van der Waals surface area (Å²) < 4.78 is 0. The summed E-state index contributed by atoms with van der Waals surface area (Å²) in [5, 5.41) is 9.27. The number of aliphatic hydroxyl groups is 1. The molecule has 1 aliphatic carbocycles. The number of aliphatic imine (C=N–C) groups is 1. The fraction of sp³-hybridized carbons (Fsp3) is 0.667. The third-order valence-electron chi connectivity index (χ3n) is 2.60. The predicted molar refractivity (Wildman–Crippen MR) is 52.9 cm³/mol. The van der Waals surface area contributed by atoms with Crippen molar-refractivity contribution in [2.24, 2.45) is 4.99 Å². The second-order valence-corrected chi connectivity index (χ2v) is 3.92. The van der Waals surface area contributed by atoms with Gasteiger partial charge in [-0.15, -0.1) is 0 Å². The van der Waals surface area contributed by atoms with E-state index < -0.39 is 0 Å². The van der Waals surface area contributed by atoms with Gasteiger partial charge in [-0.05, 0) is 12.8 Å². The first kappa shape index (κ1) is 8.88. The van der Waals surface area contributed by atoms with Crippen molar-refractivity contribution >= 4 is 17.8 Å². The summed E-state index contributed by atoms with van der Waals surface area (Å²) in [5.74, 6) is 0.198. The van der Waals surface area contributed by atoms with Crippen LogP contribution in [0.2, 0.25) is 0 Å². The van der Waals surface area contributed by atoms with E-state index in [4.69, 9.17) is 11.6 Å². The highest BCUT2D eigenvalue weighted by Crippen LogP contribution is 2.28. The van der Waals surface area contributed by atoms with E-state index in [0.29, 0.717) is 6.04 Å². The largest absolute Gasteiger partial charge is 0.505 e. The van der Waals surface area contributed by atoms with Gasteiger partial charge in [0.25, 0.3) is 0 Å². The van der Waals surface area contributed by atoms with Crippen LogP contribution in [0.3, 0.4) is 0 Å². The Morgan fingerprint density at radius 1 is 1.46 bits per heavy atom. The molecule has 2 rings (SSSR count). The van der Waals surface area contributed by atoms with Crippen molar-refractivity contribution in [3.05, 3.63) is 12.0 Å². The van der Waals surface area contributed by atoms with Crippen LogP contribution in [0.25, 0.3) is 0 Å². The van der Waals surface area contributed by atoms with Gasteiger partial charge in [0.2, 0.25) is 0 Å². The molecule has 72 valence electrons. The van der Waals surface area contributed by atoms with Gasteiger partial charge in [0.15, 0.2) is 5.62 Å². The van der Waals surface area contributed by atoms with E-state index in [2.05, 4.69) is 4.99 Å². The summed E-state index contributed by atoms with van der Waals surface area (Å²) in [6, 6.07) is 0.460. The molecule has 1 N–H and O–H groups in total. The van der Waals surface area contributed by atoms with Crippen LogP contribution in [0, 0.1) is 0 Å². The molecule has 1 aliphatic heterocycles. The zero-order valence-electron chi connectivity index (χ0n) is 7.36. The Balaban J connectivity index is 2.08. The van der Waals surface area contributed by atoms with Crippen LogP contribution in [0.15, 0.2) is 17.0 Å². The molecular weight excluding hydrogens is 188 g/mol. The smallest absolute Gasteiger partial charge is 0.197 e. The first-order chi connectivity index (χ1) is 6.27. The fourth-order valence-corrected chi connectivity index (χ4v) is 2.22. The third-order valence-corrected chi connectivity index (χ3v) is 2.94. The van der Waals surface area contributed by atoms with E-state index >= 15 is 0 Å². The summed E-state index contributed by atoms with van der Waals surface area (Å²) in [7, 11) is 0. The van der Waals surface area contributed by atoms with Crippen LogP contribution in [0.1, 0.15) is 25.7 Å². The lowest BCUT2D eigenvalue weighted by Gasteiger charge is -2.31. The Morgan fingerprint density at radius 2 is 2.15 bits per heavy atom. The Labute approximate surface area is 82.7 Å². The normalized spacial score (nSPS) is 29.5. The van der Waals surface area contributed by atoms with Gasteiger partial charge in [-0.2, -0.15) is 0 Å². The summed E-state index contributed by atoms with van der Waals surface area (Å²) in [6.07, 6.45) is 7.92. The SMILES string of the molecule is OC1=CN(C2CCCC2)C(Cl)N=C1. The minimum Gasteiger partial charge on any atom is -0.505 e. The summed E-state index contributed by atoms with van der Waals surface area (Å²) >= 11 is 6.00. The van der Waals surface area contributed by atoms with Crippen molar-refractivity contribution in [2.45, 2.75) is 37.4 Å². The molecule has 4 heteroatoms. The lowest BCUT2D eigenvalue weighted by atomic mass is 10.2. The quantitative estimate of drug-likeness (QED) is 0.521. The molecule has 0 aromatic heterocycles. The number of halogens is 1. The van der Waals surface area contributed by atoms with Crippen LogP contribution in [-0.2, 0) is 0 Å². The minimum atomic E-state index is -0.334. The highest BCUT2D eigenvalue weighted by Gasteiger charge is 2.26. The average molecular weight is 201 g/mol. The van der Waals surface area contributed by atoms with Gasteiger partial charge < -0.3 is 10.0 Å². The molecule has 0 radical (unpaired) electrons. The molecule has 1 saturated carbocycles. The van der Waals surface area contributed by atoms with Gasteiger partial charge in [-0.3, -0.25) is 0 Å². The minimum absolute atomic E-state index is 0.198. The molecule has 1 heterocycles. The van der Waals surface area contributed by atoms with Crippen LogP contribution < -0.4 is 0 Å². The molecule has 0 saturated heterocycles. The Morgan fingerprint density at radius 3 is 2.85 bits per heavy atom. The number of aliphatic hydroxyl groups excluding tert-OH is 1. The van der Waals surface area contributed by atoms with E-state index in [9.17, 15) is 5.11 Å². The molecule has 0 aromatic carbocycles. The van der Waals surface area contributed by atoms with Crippen LogP contribution in [0.5, 0.6) is 0 Å². The summed E-state index contributed by atoms with van der Waals surface area (Å²) in [5.41, 5.74) is -0.334. The fourth-order valence-electron chi connectivity index (χ4n) is 1.94. The first-order valence-corrected chi connectivity index (χ1v) is 5.06. The lowest BCUT2D eigenvalue weighted by Crippen LogP contribution is -2.35. The molecule has 3 nitrogen and oxygen atoms in total. The molecule has 2 aliphatic rings. The Bertz CT molecular complexity index is 246. The Kier molecular flexibility index (Phi) is 2.44. The van der Waals surface area contributed by atoms with Gasteiger partial charge in [-0.1, -0.05) is 24.4 Å². The predicted octanol–water partition coefficient (Wildman–Crippen LogP) is 2.24. The summed E-state index contributed by atoms with van der Waals surface area (Å²) in [4.78, 5) is 5.93. The zero-order valence-corrected chi connectivity index (χ0v) is 8.11. The lowest BCUT2D eigenvalue weighted by molar-refractivity contribution is 0.246. The maximum atomic E-state index is 9.27. The van der Waals surface area contributed by atoms with Crippen LogP contribution in [0.4, 0.5) is 0 Å². The molecule has 0 aromatic rings. The van der Waals surface area contributed by atoms with Crippen LogP contribution in [-0.4, -0.2) is 27.9 Å². The summed E-state index contributed by atoms with van der Waals surface area (Å²) in [6.45, 7) is 0. The number of rotatable bonds is 1. The van der Waals surface area contributed by atoms with Gasteiger partial charge in [0, 0.05) is 12.2 Å². The molecule has 1 atom stereocenters. The molecule has 0 spiro atoms. The highest BCUT2D eigenvalue weighted by atomic mass is 35.5. The number of hydrogen-bond donors (Lipinski definition) is 1. The first-order valence-electron chi connectivity index (χ1n) is 4.63. The second kappa shape index (κ2) is 3.58. The number of hydrogen-bond acceptors (Lipinski definition) is 3. The van der Waals surface area contributed by atoms with Gasteiger partial charge in [0.05, 0.1) is 6.21 Å². The molecule has 13 heavy (non-hydrogen) atoms. The van der Waals surface area contributed by atoms with E-state index in [1.165, 1.54) is 19.1 Å². The highest BCUT2D eigenvalue weighted by molar-refractivity contribution is 6.20. The van der Waals surface area contributed by atoms with Gasteiger partial charge in [-0.25, -0.2) is 4.99 Å². The topological polar surface area (TPSA) is 35.8 Å². The molecule has 0 bridgehead atoms. The molecule has 1 fully saturated rings. The van der Waals surface area contributed by atoms with E-state index in [1.807, 2.05) is 4.90 Å². The van der Waals surface area contributed by atoms with Crippen molar-refractivity contribution in [1.29, 1.82) is 0 Å². The van der Waals surface area contributed by atoms with Crippen molar-refractivity contribution in [3.8, 4) is 0 Å². The third kappa shape index (κ3) is 1.80. The number of allylic oxidation sites excluding steroid dienone is 1. The zero-order chi connectivity index (χ0) is 9.26. The second-order valence-electron chi connectivity index (χ2n) is 3.53. The average Bonchev–Trinajstić information content (AvgIpc) is 2.61. The molecule has 1 unspecified atom stereocenters. The van der Waals surface area contributed by atoms with E-state index in [-0.39, 0.29) is 11.4 Å². The maximum absolute atomic E-state index is 9.27.